The average molecular weight is 423 g/mol. The molecule has 8 heteroatoms. The molecule has 1 amide bonds. The fourth-order valence-corrected chi connectivity index (χ4v) is 7.84. The van der Waals surface area contributed by atoms with Crippen molar-refractivity contribution >= 4 is 15.9 Å². The first-order valence-corrected chi connectivity index (χ1v) is 12.0. The Kier molecular flexibility index (Phi) is 4.71. The van der Waals surface area contributed by atoms with Crippen molar-refractivity contribution in [2.24, 2.45) is 17.8 Å². The lowest BCUT2D eigenvalue weighted by Gasteiger charge is -2.56. The van der Waals surface area contributed by atoms with Crippen LogP contribution in [0.5, 0.6) is 0 Å². The summed E-state index contributed by atoms with van der Waals surface area (Å²) in [6, 6.07) is 3.65. The maximum Gasteiger partial charge on any atom is 0.251 e. The predicted molar refractivity (Wildman–Crippen MR) is 104 cm³/mol. The SMILES string of the molecule is O=C(NC12CC3CC(CC(C3)C1)C2)c1ccc(F)c(S(=O)(=O)N2CCOCC2)c1. The number of hydrogen-bond acceptors (Lipinski definition) is 4. The van der Waals surface area contributed by atoms with Crippen molar-refractivity contribution < 1.29 is 22.3 Å². The first-order valence-electron chi connectivity index (χ1n) is 10.5. The van der Waals surface area contributed by atoms with Gasteiger partial charge in [-0.2, -0.15) is 4.31 Å². The van der Waals surface area contributed by atoms with E-state index in [2.05, 4.69) is 5.32 Å². The van der Waals surface area contributed by atoms with E-state index >= 15 is 0 Å². The smallest absolute Gasteiger partial charge is 0.251 e. The molecule has 5 fully saturated rings. The minimum atomic E-state index is -4.00. The van der Waals surface area contributed by atoms with Crippen molar-refractivity contribution in [2.75, 3.05) is 26.3 Å². The van der Waals surface area contributed by atoms with Gasteiger partial charge in [0.05, 0.1) is 13.2 Å². The molecule has 0 atom stereocenters. The van der Waals surface area contributed by atoms with Crippen LogP contribution in [0.25, 0.3) is 0 Å². The second-order valence-corrected chi connectivity index (χ2v) is 11.2. The van der Waals surface area contributed by atoms with Gasteiger partial charge in [0.2, 0.25) is 10.0 Å². The van der Waals surface area contributed by atoms with E-state index in [0.29, 0.717) is 17.8 Å². The first kappa shape index (κ1) is 19.5. The number of benzene rings is 1. The average Bonchev–Trinajstić information content (AvgIpc) is 2.67. The number of morpholine rings is 1. The molecule has 0 spiro atoms. The third-order valence-electron chi connectivity index (χ3n) is 7.20. The zero-order valence-electron chi connectivity index (χ0n) is 16.4. The van der Waals surface area contributed by atoms with Crippen LogP contribution in [0.1, 0.15) is 48.9 Å². The van der Waals surface area contributed by atoms with Crippen LogP contribution in [-0.4, -0.2) is 50.5 Å². The molecule has 1 aliphatic heterocycles. The molecule has 1 aromatic rings. The van der Waals surface area contributed by atoms with E-state index in [1.807, 2.05) is 0 Å². The quantitative estimate of drug-likeness (QED) is 0.809. The minimum absolute atomic E-state index is 0.177. The summed E-state index contributed by atoms with van der Waals surface area (Å²) in [5.41, 5.74) is 0.0256. The summed E-state index contributed by atoms with van der Waals surface area (Å²) in [5, 5.41) is 3.23. The lowest BCUT2D eigenvalue weighted by atomic mass is 9.53. The standard InChI is InChI=1S/C21H27FN2O4S/c22-18-2-1-17(10-19(18)29(26,27)24-3-5-28-6-4-24)20(25)23-21-11-14-7-15(12-21)9-16(8-14)13-21/h1-2,10,14-16H,3-9,11-13H2,(H,23,25). The van der Waals surface area contributed by atoms with Crippen LogP contribution in [-0.2, 0) is 14.8 Å². The maximum atomic E-state index is 14.4. The number of nitrogens with one attached hydrogen (secondary N) is 1. The lowest BCUT2D eigenvalue weighted by molar-refractivity contribution is -0.0167. The van der Waals surface area contributed by atoms with Gasteiger partial charge in [-0.05, 0) is 74.5 Å². The highest BCUT2D eigenvalue weighted by atomic mass is 32.2. The predicted octanol–water partition coefficient (Wildman–Crippen LogP) is 2.55. The van der Waals surface area contributed by atoms with Crippen LogP contribution in [0.4, 0.5) is 4.39 Å². The maximum absolute atomic E-state index is 14.4. The Balaban J connectivity index is 1.39. The molecule has 0 unspecified atom stereocenters. The third kappa shape index (κ3) is 3.49. The molecule has 29 heavy (non-hydrogen) atoms. The molecule has 1 N–H and O–H groups in total. The van der Waals surface area contributed by atoms with Gasteiger partial charge in [-0.1, -0.05) is 0 Å². The zero-order valence-corrected chi connectivity index (χ0v) is 17.2. The highest BCUT2D eigenvalue weighted by Gasteiger charge is 2.51. The number of sulfonamides is 1. The second-order valence-electron chi connectivity index (χ2n) is 9.31. The van der Waals surface area contributed by atoms with Crippen LogP contribution in [0, 0.1) is 23.6 Å². The van der Waals surface area contributed by atoms with Crippen LogP contribution >= 0.6 is 0 Å². The summed E-state index contributed by atoms with van der Waals surface area (Å²) in [7, 11) is -4.00. The molecule has 4 aliphatic carbocycles. The third-order valence-corrected chi connectivity index (χ3v) is 9.11. The van der Waals surface area contributed by atoms with Gasteiger partial charge in [0, 0.05) is 24.2 Å². The van der Waals surface area contributed by atoms with E-state index in [-0.39, 0.29) is 43.3 Å². The summed E-state index contributed by atoms with van der Waals surface area (Å²) in [6.07, 6.45) is 6.83. The number of carbonyl (C=O) groups excluding carboxylic acids is 1. The molecule has 6 rings (SSSR count). The van der Waals surface area contributed by atoms with Crippen LogP contribution in [0.15, 0.2) is 23.1 Å². The van der Waals surface area contributed by atoms with E-state index in [1.165, 1.54) is 35.7 Å². The summed E-state index contributed by atoms with van der Waals surface area (Å²) < 4.78 is 46.6. The zero-order chi connectivity index (χ0) is 20.2. The van der Waals surface area contributed by atoms with Gasteiger partial charge in [0.1, 0.15) is 10.7 Å². The Morgan fingerprint density at radius 1 is 1.07 bits per heavy atom. The van der Waals surface area contributed by atoms with Gasteiger partial charge in [-0.15, -0.1) is 0 Å². The fraction of sp³-hybridized carbons (Fsp3) is 0.667. The van der Waals surface area contributed by atoms with Crippen LogP contribution in [0.3, 0.4) is 0 Å². The molecule has 6 nitrogen and oxygen atoms in total. The lowest BCUT2D eigenvalue weighted by Crippen LogP contribution is -2.59. The molecule has 4 saturated carbocycles. The van der Waals surface area contributed by atoms with Crippen LogP contribution in [0.2, 0.25) is 0 Å². The minimum Gasteiger partial charge on any atom is -0.379 e. The van der Waals surface area contributed by atoms with Crippen molar-refractivity contribution in [3.8, 4) is 0 Å². The van der Waals surface area contributed by atoms with Crippen molar-refractivity contribution in [1.29, 1.82) is 0 Å². The van der Waals surface area contributed by atoms with Crippen molar-refractivity contribution in [1.82, 2.24) is 9.62 Å². The normalized spacial score (nSPS) is 34.3. The van der Waals surface area contributed by atoms with E-state index in [0.717, 1.165) is 25.3 Å². The largest absolute Gasteiger partial charge is 0.379 e. The van der Waals surface area contributed by atoms with E-state index in [9.17, 15) is 17.6 Å². The van der Waals surface area contributed by atoms with Crippen molar-refractivity contribution in [3.05, 3.63) is 29.6 Å². The molecular weight excluding hydrogens is 395 g/mol. The Bertz CT molecular complexity index is 891. The number of halogens is 1. The van der Waals surface area contributed by atoms with Gasteiger partial charge >= 0.3 is 0 Å². The van der Waals surface area contributed by atoms with E-state index in [1.54, 1.807) is 0 Å². The number of carbonyl (C=O) groups is 1. The molecule has 1 saturated heterocycles. The number of nitrogens with zero attached hydrogens (tertiary/aromatic N) is 1. The first-order chi connectivity index (χ1) is 13.8. The molecule has 5 aliphatic rings. The van der Waals surface area contributed by atoms with Crippen molar-refractivity contribution in [3.63, 3.8) is 0 Å². The Hall–Kier alpha value is -1.51. The summed E-state index contributed by atoms with van der Waals surface area (Å²) in [6.45, 7) is 0.942. The van der Waals surface area contributed by atoms with Gasteiger partial charge in [0.15, 0.2) is 0 Å². The Morgan fingerprint density at radius 3 is 2.24 bits per heavy atom. The molecule has 4 bridgehead atoms. The monoisotopic (exact) mass is 422 g/mol. The number of amides is 1. The van der Waals surface area contributed by atoms with Gasteiger partial charge in [-0.25, -0.2) is 12.8 Å². The summed E-state index contributed by atoms with van der Waals surface area (Å²) >= 11 is 0. The molecule has 1 aromatic carbocycles. The molecule has 0 aromatic heterocycles. The summed E-state index contributed by atoms with van der Waals surface area (Å²) in [5.74, 6) is 0.930. The second kappa shape index (κ2) is 7.03. The molecule has 158 valence electrons. The highest BCUT2D eigenvalue weighted by Crippen LogP contribution is 2.55. The van der Waals surface area contributed by atoms with Gasteiger partial charge < -0.3 is 10.1 Å². The Morgan fingerprint density at radius 2 is 1.66 bits per heavy atom. The fourth-order valence-electron chi connectivity index (χ4n) is 6.35. The van der Waals surface area contributed by atoms with E-state index < -0.39 is 20.7 Å². The Labute approximate surface area is 170 Å². The topological polar surface area (TPSA) is 75.7 Å². The van der Waals surface area contributed by atoms with Crippen LogP contribution < -0.4 is 5.32 Å². The van der Waals surface area contributed by atoms with Crippen molar-refractivity contribution in [2.45, 2.75) is 49.0 Å². The number of rotatable bonds is 4. The molecule has 0 radical (unpaired) electrons. The number of hydrogen-bond donors (Lipinski definition) is 1. The molecular formula is C21H27FN2O4S. The van der Waals surface area contributed by atoms with E-state index in [4.69, 9.17) is 4.74 Å². The van der Waals surface area contributed by atoms with Gasteiger partial charge in [0.25, 0.3) is 5.91 Å². The number of ether oxygens (including phenoxy) is 1. The highest BCUT2D eigenvalue weighted by molar-refractivity contribution is 7.89. The summed E-state index contributed by atoms with van der Waals surface area (Å²) in [4.78, 5) is 12.6. The van der Waals surface area contributed by atoms with Gasteiger partial charge in [-0.3, -0.25) is 4.79 Å². The molecule has 1 heterocycles.